The van der Waals surface area contributed by atoms with Crippen LogP contribution in [-0.4, -0.2) is 44.8 Å². The zero-order valence-electron chi connectivity index (χ0n) is 12.5. The second-order valence-corrected chi connectivity index (χ2v) is 6.16. The van der Waals surface area contributed by atoms with E-state index in [1.165, 1.54) is 0 Å². The summed E-state index contributed by atoms with van der Waals surface area (Å²) in [4.78, 5) is 17.6. The van der Waals surface area contributed by atoms with E-state index < -0.39 is 6.09 Å². The first-order chi connectivity index (χ1) is 10.7. The van der Waals surface area contributed by atoms with Crippen molar-refractivity contribution in [1.82, 2.24) is 14.5 Å². The van der Waals surface area contributed by atoms with Gasteiger partial charge in [-0.25, -0.2) is 4.79 Å². The van der Waals surface area contributed by atoms with E-state index in [-0.39, 0.29) is 18.1 Å². The maximum absolute atomic E-state index is 11.4. The number of piperidine rings is 1. The number of benzene rings is 1. The molecule has 2 aliphatic heterocycles. The summed E-state index contributed by atoms with van der Waals surface area (Å²) in [5, 5.41) is 9.39. The fraction of sp³-hybridized carbons (Fsp3) is 0.500. The second kappa shape index (κ2) is 4.90. The van der Waals surface area contributed by atoms with Gasteiger partial charge in [0.1, 0.15) is 0 Å². The number of methoxy groups -OCH3 is 1. The van der Waals surface area contributed by atoms with E-state index in [4.69, 9.17) is 4.74 Å². The van der Waals surface area contributed by atoms with Crippen LogP contribution in [0.2, 0.25) is 0 Å². The molecule has 2 fully saturated rings. The Kier molecular flexibility index (Phi) is 2.99. The van der Waals surface area contributed by atoms with Crippen LogP contribution < -0.4 is 4.74 Å². The Labute approximate surface area is 128 Å². The van der Waals surface area contributed by atoms with Crippen LogP contribution in [0.25, 0.3) is 11.0 Å². The summed E-state index contributed by atoms with van der Waals surface area (Å²) in [6.07, 6.45) is 2.80. The van der Waals surface area contributed by atoms with Gasteiger partial charge in [0.25, 0.3) is 6.01 Å². The fourth-order valence-electron chi connectivity index (χ4n) is 4.19. The minimum absolute atomic E-state index is 0.118. The first kappa shape index (κ1) is 13.4. The van der Waals surface area contributed by atoms with Crippen molar-refractivity contribution in [3.63, 3.8) is 0 Å². The molecule has 3 heterocycles. The molecule has 22 heavy (non-hydrogen) atoms. The molecule has 2 aromatic rings. The van der Waals surface area contributed by atoms with Crippen LogP contribution in [0, 0.1) is 0 Å². The first-order valence-electron chi connectivity index (χ1n) is 7.71. The molecule has 0 saturated carbocycles. The number of fused-ring (bicyclic) bond motifs is 3. The standard InChI is InChI=1S/C16H19N3O3/c1-22-15-17-13-4-2-3-5-14(13)19(15)12-8-10-6-7-11(9-12)18(10)16(20)21/h2-5,10-12H,6-9H2,1H3,(H,20,21). The highest BCUT2D eigenvalue weighted by molar-refractivity contribution is 5.77. The Balaban J connectivity index is 1.73. The molecule has 0 aliphatic carbocycles. The van der Waals surface area contributed by atoms with E-state index in [1.54, 1.807) is 12.0 Å². The van der Waals surface area contributed by atoms with Crippen molar-refractivity contribution in [3.05, 3.63) is 24.3 Å². The molecule has 2 unspecified atom stereocenters. The van der Waals surface area contributed by atoms with Gasteiger partial charge in [0, 0.05) is 18.1 Å². The van der Waals surface area contributed by atoms with Crippen molar-refractivity contribution >= 4 is 17.1 Å². The number of nitrogens with zero attached hydrogens (tertiary/aromatic N) is 3. The molecule has 6 nitrogen and oxygen atoms in total. The maximum atomic E-state index is 11.4. The minimum atomic E-state index is -0.784. The fourth-order valence-corrected chi connectivity index (χ4v) is 4.19. The van der Waals surface area contributed by atoms with Crippen LogP contribution >= 0.6 is 0 Å². The number of aromatic nitrogens is 2. The average Bonchev–Trinajstić information content (AvgIpc) is 3.02. The number of carboxylic acid groups (broad SMARTS) is 1. The quantitative estimate of drug-likeness (QED) is 0.926. The van der Waals surface area contributed by atoms with Gasteiger partial charge in [0.2, 0.25) is 0 Å². The van der Waals surface area contributed by atoms with E-state index in [9.17, 15) is 9.90 Å². The normalized spacial score (nSPS) is 27.3. The Morgan fingerprint density at radius 1 is 1.23 bits per heavy atom. The molecule has 6 heteroatoms. The lowest BCUT2D eigenvalue weighted by atomic mass is 9.97. The minimum Gasteiger partial charge on any atom is -0.468 e. The SMILES string of the molecule is COc1nc2ccccc2n1C1CC2CCC(C1)N2C(=O)O. The first-order valence-corrected chi connectivity index (χ1v) is 7.71. The number of hydrogen-bond acceptors (Lipinski definition) is 3. The van der Waals surface area contributed by atoms with Gasteiger partial charge in [-0.2, -0.15) is 4.98 Å². The summed E-state index contributed by atoms with van der Waals surface area (Å²) in [6.45, 7) is 0. The zero-order valence-corrected chi connectivity index (χ0v) is 12.5. The van der Waals surface area contributed by atoms with Crippen molar-refractivity contribution < 1.29 is 14.6 Å². The third kappa shape index (κ3) is 1.86. The van der Waals surface area contributed by atoms with Gasteiger partial charge in [0.05, 0.1) is 18.1 Å². The van der Waals surface area contributed by atoms with Crippen molar-refractivity contribution in [3.8, 4) is 6.01 Å². The predicted octanol–water partition coefficient (Wildman–Crippen LogP) is 2.89. The Morgan fingerprint density at radius 3 is 2.55 bits per heavy atom. The number of hydrogen-bond donors (Lipinski definition) is 1. The molecule has 2 bridgehead atoms. The molecule has 0 radical (unpaired) electrons. The number of ether oxygens (including phenoxy) is 1. The van der Waals surface area contributed by atoms with E-state index in [0.717, 1.165) is 36.7 Å². The molecule has 2 saturated heterocycles. The molecular formula is C16H19N3O3. The molecule has 2 atom stereocenters. The van der Waals surface area contributed by atoms with E-state index in [2.05, 4.69) is 15.6 Å². The second-order valence-electron chi connectivity index (χ2n) is 6.16. The van der Waals surface area contributed by atoms with E-state index >= 15 is 0 Å². The van der Waals surface area contributed by atoms with Crippen LogP contribution in [0.1, 0.15) is 31.7 Å². The van der Waals surface area contributed by atoms with Crippen LogP contribution in [0.5, 0.6) is 6.01 Å². The van der Waals surface area contributed by atoms with Gasteiger partial charge in [-0.1, -0.05) is 12.1 Å². The Morgan fingerprint density at radius 2 is 1.91 bits per heavy atom. The topological polar surface area (TPSA) is 67.6 Å². The van der Waals surface area contributed by atoms with Crippen LogP contribution in [0.4, 0.5) is 4.79 Å². The third-order valence-electron chi connectivity index (χ3n) is 5.04. The Bertz CT molecular complexity index is 712. The number of para-hydroxylation sites is 2. The van der Waals surface area contributed by atoms with E-state index in [0.29, 0.717) is 6.01 Å². The summed E-state index contributed by atoms with van der Waals surface area (Å²) in [7, 11) is 1.64. The van der Waals surface area contributed by atoms with Crippen LogP contribution in [0.3, 0.4) is 0 Å². The van der Waals surface area contributed by atoms with Gasteiger partial charge in [-0.3, -0.25) is 4.57 Å². The lowest BCUT2D eigenvalue weighted by Crippen LogP contribution is -2.46. The van der Waals surface area contributed by atoms with Gasteiger partial charge in [-0.05, 0) is 37.8 Å². The molecule has 0 spiro atoms. The van der Waals surface area contributed by atoms with Crippen molar-refractivity contribution in [2.24, 2.45) is 0 Å². The Hall–Kier alpha value is -2.24. The predicted molar refractivity (Wildman–Crippen MR) is 81.2 cm³/mol. The monoisotopic (exact) mass is 301 g/mol. The lowest BCUT2D eigenvalue weighted by molar-refractivity contribution is 0.0860. The highest BCUT2D eigenvalue weighted by atomic mass is 16.5. The lowest BCUT2D eigenvalue weighted by Gasteiger charge is -2.37. The van der Waals surface area contributed by atoms with Gasteiger partial charge in [0.15, 0.2) is 0 Å². The summed E-state index contributed by atoms with van der Waals surface area (Å²) < 4.78 is 7.62. The highest BCUT2D eigenvalue weighted by Crippen LogP contribution is 2.43. The maximum Gasteiger partial charge on any atom is 0.407 e. The molecule has 2 aliphatic rings. The molecule has 1 aromatic heterocycles. The van der Waals surface area contributed by atoms with Crippen LogP contribution in [-0.2, 0) is 0 Å². The number of amides is 1. The van der Waals surface area contributed by atoms with Crippen molar-refractivity contribution in [1.29, 1.82) is 0 Å². The average molecular weight is 301 g/mol. The highest BCUT2D eigenvalue weighted by Gasteiger charge is 2.44. The molecule has 116 valence electrons. The number of imidazole rings is 1. The molecule has 1 amide bonds. The zero-order chi connectivity index (χ0) is 15.3. The molecule has 1 aromatic carbocycles. The van der Waals surface area contributed by atoms with Gasteiger partial charge in [-0.15, -0.1) is 0 Å². The largest absolute Gasteiger partial charge is 0.468 e. The molecular weight excluding hydrogens is 282 g/mol. The van der Waals surface area contributed by atoms with E-state index in [1.807, 2.05) is 18.2 Å². The molecule has 4 rings (SSSR count). The summed E-state index contributed by atoms with van der Waals surface area (Å²) >= 11 is 0. The van der Waals surface area contributed by atoms with Gasteiger partial charge >= 0.3 is 6.09 Å². The van der Waals surface area contributed by atoms with Crippen molar-refractivity contribution in [2.45, 2.75) is 43.8 Å². The smallest absolute Gasteiger partial charge is 0.407 e. The summed E-state index contributed by atoms with van der Waals surface area (Å²) in [5.74, 6) is 0. The summed E-state index contributed by atoms with van der Waals surface area (Å²) in [6, 6.07) is 9.10. The van der Waals surface area contributed by atoms with Gasteiger partial charge < -0.3 is 14.7 Å². The van der Waals surface area contributed by atoms with Crippen LogP contribution in [0.15, 0.2) is 24.3 Å². The molecule has 1 N–H and O–H groups in total. The number of carbonyl (C=O) groups is 1. The van der Waals surface area contributed by atoms with Crippen molar-refractivity contribution in [2.75, 3.05) is 7.11 Å². The number of rotatable bonds is 2. The summed E-state index contributed by atoms with van der Waals surface area (Å²) in [5.41, 5.74) is 1.99. The third-order valence-corrected chi connectivity index (χ3v) is 5.04.